The lowest BCUT2D eigenvalue weighted by Crippen LogP contribution is -2.44. The Labute approximate surface area is 119 Å². The quantitative estimate of drug-likeness (QED) is 0.830. The Kier molecular flexibility index (Phi) is 5.06. The van der Waals surface area contributed by atoms with Gasteiger partial charge in [0, 0.05) is 17.7 Å². The summed E-state index contributed by atoms with van der Waals surface area (Å²) in [5.74, 6) is -0.976. The molecule has 0 fully saturated rings. The number of carbonyl (C=O) groups excluding carboxylic acids is 2. The van der Waals surface area contributed by atoms with Crippen LogP contribution in [0.1, 0.15) is 17.3 Å². The first-order valence-corrected chi connectivity index (χ1v) is 6.38. The van der Waals surface area contributed by atoms with Crippen molar-refractivity contribution < 1.29 is 14.0 Å². The van der Waals surface area contributed by atoms with Crippen LogP contribution in [0.15, 0.2) is 18.2 Å². The third kappa shape index (κ3) is 3.66. The fraction of sp³-hybridized carbons (Fsp3) is 0.333. The number of carbonyl (C=O) groups is 2. The van der Waals surface area contributed by atoms with Crippen LogP contribution in [0.2, 0.25) is 0 Å². The number of benzene rings is 1. The van der Waals surface area contributed by atoms with Crippen molar-refractivity contribution in [3.63, 3.8) is 0 Å². The highest BCUT2D eigenvalue weighted by atomic mass is 127. The predicted molar refractivity (Wildman–Crippen MR) is 74.7 cm³/mol. The van der Waals surface area contributed by atoms with Crippen LogP contribution in [0.5, 0.6) is 0 Å². The average Bonchev–Trinajstić information content (AvgIpc) is 2.27. The van der Waals surface area contributed by atoms with E-state index in [-0.39, 0.29) is 11.8 Å². The number of hydrogen-bond donors (Lipinski definition) is 1. The fourth-order valence-corrected chi connectivity index (χ4v) is 2.12. The third-order valence-corrected chi connectivity index (χ3v) is 3.23. The van der Waals surface area contributed by atoms with Gasteiger partial charge >= 0.3 is 0 Å². The largest absolute Gasteiger partial charge is 0.347 e. The van der Waals surface area contributed by atoms with Gasteiger partial charge in [-0.3, -0.25) is 9.59 Å². The summed E-state index contributed by atoms with van der Waals surface area (Å²) in [4.78, 5) is 24.9. The molecule has 0 spiro atoms. The minimum atomic E-state index is -0.617. The molecule has 98 valence electrons. The van der Waals surface area contributed by atoms with Crippen molar-refractivity contribution >= 4 is 34.4 Å². The first-order valence-electron chi connectivity index (χ1n) is 5.30. The van der Waals surface area contributed by atoms with E-state index in [9.17, 15) is 14.0 Å². The van der Waals surface area contributed by atoms with Gasteiger partial charge in [0.15, 0.2) is 0 Å². The molecule has 0 aliphatic carbocycles. The van der Waals surface area contributed by atoms with Crippen molar-refractivity contribution in [2.75, 3.05) is 14.1 Å². The molecule has 0 bridgehead atoms. The van der Waals surface area contributed by atoms with E-state index in [1.807, 2.05) is 22.6 Å². The van der Waals surface area contributed by atoms with E-state index in [1.165, 1.54) is 23.1 Å². The molecule has 1 rings (SSSR count). The average molecular weight is 364 g/mol. The summed E-state index contributed by atoms with van der Waals surface area (Å²) in [5, 5.41) is 2.58. The first-order chi connectivity index (χ1) is 8.32. The number of halogens is 2. The Bertz CT molecular complexity index is 477. The topological polar surface area (TPSA) is 49.4 Å². The molecular formula is C12H14FIN2O2. The van der Waals surface area contributed by atoms with E-state index >= 15 is 0 Å². The Hall–Kier alpha value is -1.18. The molecular weight excluding hydrogens is 350 g/mol. The van der Waals surface area contributed by atoms with E-state index in [0.717, 1.165) is 0 Å². The molecule has 0 aliphatic rings. The highest BCUT2D eigenvalue weighted by molar-refractivity contribution is 14.1. The van der Waals surface area contributed by atoms with Crippen LogP contribution in [-0.4, -0.2) is 36.9 Å². The van der Waals surface area contributed by atoms with Gasteiger partial charge in [-0.05, 0) is 47.7 Å². The van der Waals surface area contributed by atoms with Crippen LogP contribution in [-0.2, 0) is 4.79 Å². The van der Waals surface area contributed by atoms with Gasteiger partial charge in [-0.1, -0.05) is 0 Å². The molecule has 0 radical (unpaired) electrons. The maximum atomic E-state index is 12.9. The molecule has 0 heterocycles. The molecule has 18 heavy (non-hydrogen) atoms. The zero-order chi connectivity index (χ0) is 13.9. The molecule has 0 saturated carbocycles. The van der Waals surface area contributed by atoms with Crippen LogP contribution < -0.4 is 5.32 Å². The van der Waals surface area contributed by atoms with Gasteiger partial charge in [0.05, 0.1) is 5.56 Å². The number of amides is 2. The van der Waals surface area contributed by atoms with Gasteiger partial charge < -0.3 is 10.2 Å². The van der Waals surface area contributed by atoms with Crippen LogP contribution in [0, 0.1) is 9.39 Å². The Morgan fingerprint density at radius 3 is 2.50 bits per heavy atom. The summed E-state index contributed by atoms with van der Waals surface area (Å²) in [6, 6.07) is 3.27. The molecule has 2 amide bonds. The summed E-state index contributed by atoms with van der Waals surface area (Å²) in [5.41, 5.74) is 0.357. The summed E-state index contributed by atoms with van der Waals surface area (Å²) in [6.07, 6.45) is 0. The van der Waals surface area contributed by atoms with Gasteiger partial charge in [-0.15, -0.1) is 0 Å². The minimum absolute atomic E-state index is 0.194. The van der Waals surface area contributed by atoms with Crippen molar-refractivity contribution in [3.8, 4) is 0 Å². The second-order valence-corrected chi connectivity index (χ2v) is 5.21. The lowest BCUT2D eigenvalue weighted by atomic mass is 10.2. The van der Waals surface area contributed by atoms with Crippen LogP contribution in [0.25, 0.3) is 0 Å². The van der Waals surface area contributed by atoms with Crippen molar-refractivity contribution in [2.45, 2.75) is 13.0 Å². The van der Waals surface area contributed by atoms with Gasteiger partial charge in [0.1, 0.15) is 11.9 Å². The highest BCUT2D eigenvalue weighted by Crippen LogP contribution is 2.14. The smallest absolute Gasteiger partial charge is 0.252 e. The molecule has 0 aromatic heterocycles. The zero-order valence-electron chi connectivity index (χ0n) is 10.3. The van der Waals surface area contributed by atoms with Gasteiger partial charge in [-0.2, -0.15) is 0 Å². The second kappa shape index (κ2) is 6.12. The first kappa shape index (κ1) is 14.9. The van der Waals surface area contributed by atoms with Crippen molar-refractivity contribution in [1.29, 1.82) is 0 Å². The van der Waals surface area contributed by atoms with E-state index in [2.05, 4.69) is 5.32 Å². The lowest BCUT2D eigenvalue weighted by Gasteiger charge is -2.18. The molecule has 1 aromatic rings. The van der Waals surface area contributed by atoms with Gasteiger partial charge in [-0.25, -0.2) is 4.39 Å². The summed E-state index contributed by atoms with van der Waals surface area (Å²) in [7, 11) is 3.24. The van der Waals surface area contributed by atoms with E-state index < -0.39 is 11.9 Å². The molecule has 1 atom stereocenters. The summed E-state index contributed by atoms with van der Waals surface area (Å²) >= 11 is 1.88. The van der Waals surface area contributed by atoms with Gasteiger partial charge in [0.2, 0.25) is 5.91 Å². The minimum Gasteiger partial charge on any atom is -0.347 e. The summed E-state index contributed by atoms with van der Waals surface area (Å²) < 4.78 is 13.4. The number of nitrogens with zero attached hydrogens (tertiary/aromatic N) is 1. The Balaban J connectivity index is 2.80. The fourth-order valence-electron chi connectivity index (χ4n) is 1.40. The maximum Gasteiger partial charge on any atom is 0.252 e. The normalized spacial score (nSPS) is 11.8. The third-order valence-electron chi connectivity index (χ3n) is 2.33. The SMILES string of the molecule is CC(NC(=O)c1ccc(F)cc1I)C(=O)N(C)C. The molecule has 1 aromatic carbocycles. The molecule has 0 aliphatic heterocycles. The van der Waals surface area contributed by atoms with Crippen LogP contribution in [0.4, 0.5) is 4.39 Å². The zero-order valence-corrected chi connectivity index (χ0v) is 12.5. The van der Waals surface area contributed by atoms with E-state index in [4.69, 9.17) is 0 Å². The van der Waals surface area contributed by atoms with Gasteiger partial charge in [0.25, 0.3) is 5.91 Å². The molecule has 6 heteroatoms. The maximum absolute atomic E-state index is 12.9. The summed E-state index contributed by atoms with van der Waals surface area (Å²) in [6.45, 7) is 1.61. The molecule has 1 unspecified atom stereocenters. The Morgan fingerprint density at radius 2 is 2.00 bits per heavy atom. The monoisotopic (exact) mass is 364 g/mol. The standard InChI is InChI=1S/C12H14FIN2O2/c1-7(12(18)16(2)3)15-11(17)9-5-4-8(13)6-10(9)14/h4-7H,1-3H3,(H,15,17). The van der Waals surface area contributed by atoms with Crippen LogP contribution >= 0.6 is 22.6 Å². The molecule has 4 nitrogen and oxygen atoms in total. The van der Waals surface area contributed by atoms with Crippen molar-refractivity contribution in [3.05, 3.63) is 33.1 Å². The highest BCUT2D eigenvalue weighted by Gasteiger charge is 2.19. The lowest BCUT2D eigenvalue weighted by molar-refractivity contribution is -0.130. The van der Waals surface area contributed by atoms with E-state index in [0.29, 0.717) is 9.13 Å². The van der Waals surface area contributed by atoms with Crippen LogP contribution in [0.3, 0.4) is 0 Å². The predicted octanol–water partition coefficient (Wildman–Crippen LogP) is 1.64. The molecule has 0 saturated heterocycles. The molecule has 1 N–H and O–H groups in total. The van der Waals surface area contributed by atoms with Crippen molar-refractivity contribution in [1.82, 2.24) is 10.2 Å². The number of rotatable bonds is 3. The number of nitrogens with one attached hydrogen (secondary N) is 1. The number of likely N-dealkylation sites (N-methyl/N-ethyl adjacent to an activating group) is 1. The second-order valence-electron chi connectivity index (χ2n) is 4.05. The Morgan fingerprint density at radius 1 is 1.39 bits per heavy atom. The van der Waals surface area contributed by atoms with Crippen molar-refractivity contribution in [2.24, 2.45) is 0 Å². The number of hydrogen-bond acceptors (Lipinski definition) is 2. The van der Waals surface area contributed by atoms with E-state index in [1.54, 1.807) is 21.0 Å².